The van der Waals surface area contributed by atoms with Gasteiger partial charge in [-0.25, -0.2) is 34.8 Å². The molecule has 0 amide bonds. The maximum atomic E-state index is 13.5. The number of halogens is 12. The fraction of sp³-hybridized carbons (Fsp3) is 0.254. The number of aliphatic hydroxyl groups is 1. The van der Waals surface area contributed by atoms with Gasteiger partial charge in [0.2, 0.25) is 10.0 Å². The van der Waals surface area contributed by atoms with Crippen LogP contribution in [0.3, 0.4) is 0 Å². The van der Waals surface area contributed by atoms with Crippen LogP contribution in [0.25, 0.3) is 10.8 Å². The van der Waals surface area contributed by atoms with Crippen LogP contribution < -0.4 is 5.32 Å². The maximum absolute atomic E-state index is 13.5. The molecule has 0 saturated heterocycles. The van der Waals surface area contributed by atoms with Gasteiger partial charge in [0.1, 0.15) is 0 Å². The van der Waals surface area contributed by atoms with Crippen LogP contribution in [0.15, 0.2) is 119 Å². The van der Waals surface area contributed by atoms with Crippen LogP contribution in [-0.2, 0) is 254 Å². The number of carbonyl (C=O) groups is 1. The molecule has 1 heterocycles. The topological polar surface area (TPSA) is 167 Å². The van der Waals surface area contributed by atoms with Crippen molar-refractivity contribution in [3.63, 3.8) is 0 Å². The molecular formula is C63H58F12N4O10SY6-6. The molecule has 8 aromatic rings. The van der Waals surface area contributed by atoms with E-state index in [0.29, 0.717) is 35.9 Å². The Morgan fingerprint density at radius 3 is 1.44 bits per heavy atom. The van der Waals surface area contributed by atoms with Gasteiger partial charge in [-0.2, -0.15) is 22.5 Å². The Morgan fingerprint density at radius 1 is 0.542 bits per heavy atom. The van der Waals surface area contributed by atoms with Crippen LogP contribution in [0, 0.1) is 113 Å². The van der Waals surface area contributed by atoms with Gasteiger partial charge in [-0.1, -0.05) is 35.4 Å². The minimum Gasteiger partial charge on any atom is -0.394 e. The van der Waals surface area contributed by atoms with E-state index < -0.39 is 92.4 Å². The van der Waals surface area contributed by atoms with Crippen LogP contribution in [0.4, 0.5) is 52.7 Å². The van der Waals surface area contributed by atoms with E-state index in [1.54, 1.807) is 12.1 Å². The summed E-state index contributed by atoms with van der Waals surface area (Å²) in [4.78, 5) is 17.8. The number of benzene rings is 7. The number of aryl methyl sites for hydroxylation is 1. The third-order valence-corrected chi connectivity index (χ3v) is 13.3. The summed E-state index contributed by atoms with van der Waals surface area (Å²) in [6.45, 7) is 2.29. The molecule has 0 fully saturated rings. The molecule has 0 saturated carbocycles. The number of ether oxygens (including phenoxy) is 6. The third-order valence-electron chi connectivity index (χ3n) is 11.5. The Labute approximate surface area is 700 Å². The van der Waals surface area contributed by atoms with E-state index in [-0.39, 0.29) is 256 Å². The summed E-state index contributed by atoms with van der Waals surface area (Å²) in [5, 5.41) is 12.1. The first-order chi connectivity index (χ1) is 42.9. The monoisotopic (exact) mass is 1820 g/mol. The van der Waals surface area contributed by atoms with Crippen molar-refractivity contribution in [3.05, 3.63) is 249 Å². The minimum atomic E-state index is -3.92. The summed E-state index contributed by atoms with van der Waals surface area (Å²) in [5.74, 6) is -11.4. The number of carbonyl (C=O) groups excluding carboxylic acids is 1. The molecule has 0 unspecified atom stereocenters. The first-order valence-corrected chi connectivity index (χ1v) is 27.2. The zero-order valence-corrected chi connectivity index (χ0v) is 70.2. The molecule has 0 spiro atoms. The Morgan fingerprint density at radius 2 is 0.969 bits per heavy atom. The molecule has 33 heteroatoms. The predicted molar refractivity (Wildman–Crippen MR) is 304 cm³/mol. The number of hydrogen-bond donors (Lipinski definition) is 2. The zero-order valence-electron chi connectivity index (χ0n) is 52.4. The van der Waals surface area contributed by atoms with Gasteiger partial charge >= 0.3 is 0 Å². The molecule has 2 N–H and O–H groups in total. The number of aliphatic imine (C=N–C) groups is 1. The van der Waals surface area contributed by atoms with E-state index in [9.17, 15) is 65.9 Å². The van der Waals surface area contributed by atoms with Crippen molar-refractivity contribution in [1.29, 1.82) is 0 Å². The summed E-state index contributed by atoms with van der Waals surface area (Å²) in [6, 6.07) is 32.8. The minimum absolute atomic E-state index is 0. The normalized spacial score (nSPS) is 10.4. The Balaban J connectivity index is -0.000000540. The average Bonchev–Trinajstić information content (AvgIpc) is 0.851. The van der Waals surface area contributed by atoms with Gasteiger partial charge in [-0.3, -0.25) is 26.3 Å². The summed E-state index contributed by atoms with van der Waals surface area (Å²) in [6.07, 6.45) is 3.03. The summed E-state index contributed by atoms with van der Waals surface area (Å²) < 4.78 is 209. The van der Waals surface area contributed by atoms with Gasteiger partial charge in [0.25, 0.3) is 0 Å². The smallest absolute Gasteiger partial charge is 0.243 e. The maximum Gasteiger partial charge on any atom is 0.243 e. The van der Waals surface area contributed by atoms with Crippen molar-refractivity contribution in [2.45, 2.75) is 50.4 Å². The Hall–Kier alpha value is -1.34. The van der Waals surface area contributed by atoms with Gasteiger partial charge < -0.3 is 53.6 Å². The number of aldehydes is 1. The molecule has 14 nitrogen and oxygen atoms in total. The van der Waals surface area contributed by atoms with E-state index >= 15 is 0 Å². The largest absolute Gasteiger partial charge is 0.394 e. The second-order valence-corrected chi connectivity index (χ2v) is 19.7. The predicted octanol–water partition coefficient (Wildman–Crippen LogP) is 11.3. The number of aliphatic hydroxyl groups excluding tert-OH is 1. The standard InChI is InChI=1S/C18H20F2NO4S.C11H14F2NO2.C11H12F2NO2.C9H4F2N.C7H5F2O.C7H3F2O.6Y/c1-13-4-7-15(8-5-13)26(22,23)21(12-18(24-2)25-3)11-14-6-9-16(19)17(20)10-14;2*1-15-11(16-2)7-14-6-8-3-4-9(12)10(13)5-8;10-8-2-1-6-5-12-4-3-7(6)9(8)11;2*8-6-2-1-5(4-10)3-7(6)9;;;;;;/h4-5,7-10,18H,11-12H2,1-3H3;4-5,11,14H,6-7H2,1-2H3;4-6,11H,7H2,1-2H3;2-5H;2-3,10H,4H2;2-4H;;;;;;/q6*-1;;;;;;. The number of fused-ring (bicyclic) bond motifs is 1. The summed E-state index contributed by atoms with van der Waals surface area (Å²) >= 11 is 0. The molecule has 0 bridgehead atoms. The van der Waals surface area contributed by atoms with Crippen molar-refractivity contribution >= 4 is 33.3 Å². The van der Waals surface area contributed by atoms with Gasteiger partial charge in [0.15, 0.2) is 18.9 Å². The molecule has 7 aromatic carbocycles. The molecular weight excluding hydrogens is 1770 g/mol. The summed E-state index contributed by atoms with van der Waals surface area (Å²) in [5.41, 5.74) is 2.27. The van der Waals surface area contributed by atoms with Crippen molar-refractivity contribution in [2.75, 3.05) is 62.3 Å². The fourth-order valence-electron chi connectivity index (χ4n) is 6.63. The average molecular weight is 1820 g/mol. The fourth-order valence-corrected chi connectivity index (χ4v) is 8.04. The SMILES string of the molecule is COC(CN(Cc1[c-]cc(F)c(F)c1)S(=O)(=O)c1ccc(C)cc1)OC.COC(CN=Cc1[c-]cc(F)c(F)c1)OC.COC(CNCc1[c-]cc(F)c(F)c1)OC.Fc1c[c-]c2cnccc2c1F.O=Cc1[c-]cc(F)c(F)c1.OCc1[c-]cc(F)c(F)c1.[Y].[Y].[Y].[Y].[Y].[Y]. The quantitative estimate of drug-likeness (QED) is 0.0230. The molecule has 6 radical (unpaired) electrons. The molecule has 8 rings (SSSR count). The Bertz CT molecular complexity index is 3660. The number of aromatic nitrogens is 1. The molecule has 96 heavy (non-hydrogen) atoms. The van der Waals surface area contributed by atoms with E-state index in [1.165, 1.54) is 79.5 Å². The Kier molecular flexibility index (Phi) is 58.1. The first kappa shape index (κ1) is 101. The van der Waals surface area contributed by atoms with Crippen LogP contribution in [-0.4, -0.2) is 116 Å². The van der Waals surface area contributed by atoms with E-state index in [4.69, 9.17) is 33.5 Å². The van der Waals surface area contributed by atoms with E-state index in [0.717, 1.165) is 76.6 Å². The van der Waals surface area contributed by atoms with Crippen molar-refractivity contribution in [3.8, 4) is 0 Å². The third kappa shape index (κ3) is 36.7. The molecule has 0 aliphatic rings. The second-order valence-electron chi connectivity index (χ2n) is 17.7. The van der Waals surface area contributed by atoms with Gasteiger partial charge in [-0.05, 0) is 31.8 Å². The van der Waals surface area contributed by atoms with Gasteiger partial charge in [0.05, 0.1) is 59.2 Å². The van der Waals surface area contributed by atoms with Crippen LogP contribution in [0.5, 0.6) is 0 Å². The molecule has 0 aliphatic carbocycles. The van der Waals surface area contributed by atoms with E-state index in [1.807, 2.05) is 6.92 Å². The zero-order chi connectivity index (χ0) is 66.9. The molecule has 504 valence electrons. The van der Waals surface area contributed by atoms with Gasteiger partial charge in [-0.15, -0.1) is 118 Å². The van der Waals surface area contributed by atoms with Crippen LogP contribution in [0.2, 0.25) is 0 Å². The van der Waals surface area contributed by atoms with Crippen molar-refractivity contribution in [1.82, 2.24) is 14.6 Å². The molecule has 1 aromatic heterocycles. The van der Waals surface area contributed by atoms with Crippen molar-refractivity contribution in [2.24, 2.45) is 4.99 Å². The number of methoxy groups -OCH3 is 6. The van der Waals surface area contributed by atoms with E-state index in [2.05, 4.69) is 51.7 Å². The van der Waals surface area contributed by atoms with Crippen LogP contribution >= 0.6 is 0 Å². The number of sulfonamides is 1. The number of nitrogens with one attached hydrogen (secondary N) is 1. The second kappa shape index (κ2) is 55.2. The molecule has 0 aliphatic heterocycles. The number of pyridine rings is 1. The molecule has 0 atom stereocenters. The number of hydrogen-bond acceptors (Lipinski definition) is 13. The number of nitrogens with zero attached hydrogens (tertiary/aromatic N) is 3. The first-order valence-electron chi connectivity index (χ1n) is 25.8. The van der Waals surface area contributed by atoms with Gasteiger partial charge in [0, 0.05) is 300 Å². The van der Waals surface area contributed by atoms with Crippen molar-refractivity contribution < 1.29 is 296 Å². The number of rotatable bonds is 21. The van der Waals surface area contributed by atoms with Crippen LogP contribution in [0.1, 0.15) is 38.2 Å². The summed E-state index contributed by atoms with van der Waals surface area (Å²) in [7, 11) is 4.89.